The molecule has 1 N–H and O–H groups in total. The molecule has 0 amide bonds. The van der Waals surface area contributed by atoms with E-state index in [0.29, 0.717) is 12.5 Å². The van der Waals surface area contributed by atoms with Gasteiger partial charge in [-0.2, -0.15) is 0 Å². The van der Waals surface area contributed by atoms with Crippen molar-refractivity contribution >= 4 is 16.9 Å². The molecular formula is C12H15N3O. The van der Waals surface area contributed by atoms with E-state index in [-0.39, 0.29) is 6.61 Å². The highest BCUT2D eigenvalue weighted by Crippen LogP contribution is 2.15. The molecule has 1 heterocycles. The quantitative estimate of drug-likeness (QED) is 0.843. The second-order valence-electron chi connectivity index (χ2n) is 3.88. The SMILES string of the molecule is Cc1ccc2nc(N(C)CCO)ncc2c1. The van der Waals surface area contributed by atoms with Gasteiger partial charge in [0.1, 0.15) is 0 Å². The number of rotatable bonds is 3. The molecule has 0 saturated heterocycles. The molecular weight excluding hydrogens is 202 g/mol. The molecule has 1 aromatic heterocycles. The van der Waals surface area contributed by atoms with Crippen LogP contribution in [0.2, 0.25) is 0 Å². The van der Waals surface area contributed by atoms with E-state index in [9.17, 15) is 0 Å². The minimum absolute atomic E-state index is 0.103. The first-order chi connectivity index (χ1) is 7.70. The number of aliphatic hydroxyl groups is 1. The highest BCUT2D eigenvalue weighted by molar-refractivity contribution is 5.79. The van der Waals surface area contributed by atoms with Crippen LogP contribution in [-0.2, 0) is 0 Å². The second-order valence-corrected chi connectivity index (χ2v) is 3.88. The Bertz CT molecular complexity index is 499. The number of aromatic nitrogens is 2. The Morgan fingerprint density at radius 3 is 2.94 bits per heavy atom. The fourth-order valence-electron chi connectivity index (χ4n) is 1.58. The molecule has 0 aliphatic rings. The fraction of sp³-hybridized carbons (Fsp3) is 0.333. The molecule has 0 radical (unpaired) electrons. The standard InChI is InChI=1S/C12H15N3O/c1-9-3-4-11-10(7-9)8-13-12(14-11)15(2)5-6-16/h3-4,7-8,16H,5-6H2,1-2H3. The Morgan fingerprint density at radius 1 is 1.38 bits per heavy atom. The van der Waals surface area contributed by atoms with Gasteiger partial charge in [-0.1, -0.05) is 11.6 Å². The summed E-state index contributed by atoms with van der Waals surface area (Å²) in [6.07, 6.45) is 1.82. The maximum atomic E-state index is 8.85. The van der Waals surface area contributed by atoms with Crippen LogP contribution in [-0.4, -0.2) is 35.3 Å². The molecule has 0 aliphatic heterocycles. The number of aryl methyl sites for hydroxylation is 1. The van der Waals surface area contributed by atoms with Gasteiger partial charge in [0.15, 0.2) is 0 Å². The van der Waals surface area contributed by atoms with E-state index in [4.69, 9.17) is 5.11 Å². The largest absolute Gasteiger partial charge is 0.395 e. The summed E-state index contributed by atoms with van der Waals surface area (Å²) in [6, 6.07) is 6.08. The lowest BCUT2D eigenvalue weighted by Crippen LogP contribution is -2.23. The first kappa shape index (κ1) is 10.8. The van der Waals surface area contributed by atoms with Gasteiger partial charge in [-0.15, -0.1) is 0 Å². The number of hydrogen-bond acceptors (Lipinski definition) is 4. The maximum Gasteiger partial charge on any atom is 0.225 e. The average molecular weight is 217 g/mol. The van der Waals surface area contributed by atoms with Crippen molar-refractivity contribution in [2.45, 2.75) is 6.92 Å². The van der Waals surface area contributed by atoms with E-state index in [1.165, 1.54) is 5.56 Å². The van der Waals surface area contributed by atoms with E-state index in [1.54, 1.807) is 0 Å². The number of fused-ring (bicyclic) bond motifs is 1. The number of benzene rings is 1. The predicted molar refractivity (Wildman–Crippen MR) is 64.6 cm³/mol. The molecule has 0 unspecified atom stereocenters. The zero-order chi connectivity index (χ0) is 11.5. The third-order valence-electron chi connectivity index (χ3n) is 2.50. The van der Waals surface area contributed by atoms with Crippen molar-refractivity contribution in [3.8, 4) is 0 Å². The summed E-state index contributed by atoms with van der Waals surface area (Å²) in [4.78, 5) is 10.5. The Labute approximate surface area is 94.6 Å². The van der Waals surface area contributed by atoms with Gasteiger partial charge in [0.25, 0.3) is 0 Å². The number of anilines is 1. The molecule has 0 saturated carbocycles. The van der Waals surface area contributed by atoms with Crippen LogP contribution >= 0.6 is 0 Å². The second kappa shape index (κ2) is 4.45. The van der Waals surface area contributed by atoms with Gasteiger partial charge in [0.05, 0.1) is 12.1 Å². The van der Waals surface area contributed by atoms with E-state index >= 15 is 0 Å². The summed E-state index contributed by atoms with van der Waals surface area (Å²) in [6.45, 7) is 2.69. The molecule has 0 atom stereocenters. The Kier molecular flexibility index (Phi) is 3.01. The Balaban J connectivity index is 2.40. The average Bonchev–Trinajstić information content (AvgIpc) is 2.28. The monoisotopic (exact) mass is 217 g/mol. The lowest BCUT2D eigenvalue weighted by molar-refractivity contribution is 0.303. The van der Waals surface area contributed by atoms with Crippen molar-refractivity contribution in [1.29, 1.82) is 0 Å². The van der Waals surface area contributed by atoms with Crippen LogP contribution in [0.15, 0.2) is 24.4 Å². The van der Waals surface area contributed by atoms with Gasteiger partial charge >= 0.3 is 0 Å². The Morgan fingerprint density at radius 2 is 2.19 bits per heavy atom. The van der Waals surface area contributed by atoms with Crippen LogP contribution in [0, 0.1) is 6.92 Å². The number of hydrogen-bond donors (Lipinski definition) is 1. The van der Waals surface area contributed by atoms with E-state index in [2.05, 4.69) is 16.0 Å². The summed E-state index contributed by atoms with van der Waals surface area (Å²) in [5.41, 5.74) is 2.13. The van der Waals surface area contributed by atoms with Gasteiger partial charge in [-0.25, -0.2) is 9.97 Å². The minimum Gasteiger partial charge on any atom is -0.395 e. The van der Waals surface area contributed by atoms with Crippen LogP contribution in [0.1, 0.15) is 5.56 Å². The molecule has 0 bridgehead atoms. The summed E-state index contributed by atoms with van der Waals surface area (Å²) < 4.78 is 0. The smallest absolute Gasteiger partial charge is 0.225 e. The normalized spacial score (nSPS) is 10.7. The zero-order valence-corrected chi connectivity index (χ0v) is 9.51. The van der Waals surface area contributed by atoms with Crippen LogP contribution in [0.4, 0.5) is 5.95 Å². The van der Waals surface area contributed by atoms with E-state index < -0.39 is 0 Å². The van der Waals surface area contributed by atoms with Gasteiger partial charge in [0.2, 0.25) is 5.95 Å². The van der Waals surface area contributed by atoms with Gasteiger partial charge in [-0.05, 0) is 19.1 Å². The topological polar surface area (TPSA) is 49.2 Å². The highest BCUT2D eigenvalue weighted by Gasteiger charge is 2.04. The number of aliphatic hydroxyl groups excluding tert-OH is 1. The van der Waals surface area contributed by atoms with Crippen molar-refractivity contribution in [2.75, 3.05) is 25.1 Å². The first-order valence-electron chi connectivity index (χ1n) is 5.26. The molecule has 2 aromatic rings. The third-order valence-corrected chi connectivity index (χ3v) is 2.50. The maximum absolute atomic E-state index is 8.85. The predicted octanol–water partition coefficient (Wildman–Crippen LogP) is 1.37. The summed E-state index contributed by atoms with van der Waals surface area (Å²) in [5, 5.41) is 9.89. The van der Waals surface area contributed by atoms with Crippen LogP contribution in [0.5, 0.6) is 0 Å². The van der Waals surface area contributed by atoms with Crippen LogP contribution < -0.4 is 4.90 Å². The number of likely N-dealkylation sites (N-methyl/N-ethyl adjacent to an activating group) is 1. The van der Waals surface area contributed by atoms with Crippen molar-refractivity contribution in [2.24, 2.45) is 0 Å². The molecule has 1 aromatic carbocycles. The van der Waals surface area contributed by atoms with Crippen molar-refractivity contribution in [3.05, 3.63) is 30.0 Å². The van der Waals surface area contributed by atoms with Crippen LogP contribution in [0.3, 0.4) is 0 Å². The molecule has 84 valence electrons. The molecule has 0 fully saturated rings. The highest BCUT2D eigenvalue weighted by atomic mass is 16.3. The molecule has 16 heavy (non-hydrogen) atoms. The Hall–Kier alpha value is -1.68. The van der Waals surface area contributed by atoms with Crippen molar-refractivity contribution in [3.63, 3.8) is 0 Å². The van der Waals surface area contributed by atoms with Gasteiger partial charge in [0, 0.05) is 25.2 Å². The molecule has 0 aliphatic carbocycles. The van der Waals surface area contributed by atoms with Crippen molar-refractivity contribution < 1.29 is 5.11 Å². The summed E-state index contributed by atoms with van der Waals surface area (Å²) in [5.74, 6) is 0.644. The third kappa shape index (κ3) is 2.12. The van der Waals surface area contributed by atoms with E-state index in [0.717, 1.165) is 10.9 Å². The number of nitrogens with zero attached hydrogens (tertiary/aromatic N) is 3. The van der Waals surface area contributed by atoms with Gasteiger partial charge < -0.3 is 10.0 Å². The lowest BCUT2D eigenvalue weighted by atomic mass is 10.2. The summed E-state index contributed by atoms with van der Waals surface area (Å²) in [7, 11) is 1.87. The molecule has 2 rings (SSSR count). The lowest BCUT2D eigenvalue weighted by Gasteiger charge is -2.15. The first-order valence-corrected chi connectivity index (χ1v) is 5.26. The minimum atomic E-state index is 0.103. The van der Waals surface area contributed by atoms with Crippen LogP contribution in [0.25, 0.3) is 10.9 Å². The van der Waals surface area contributed by atoms with Crippen molar-refractivity contribution in [1.82, 2.24) is 9.97 Å². The summed E-state index contributed by atoms with van der Waals surface area (Å²) >= 11 is 0. The fourth-order valence-corrected chi connectivity index (χ4v) is 1.58. The zero-order valence-electron chi connectivity index (χ0n) is 9.51. The molecule has 0 spiro atoms. The van der Waals surface area contributed by atoms with E-state index in [1.807, 2.05) is 37.2 Å². The molecule has 4 nitrogen and oxygen atoms in total. The molecule has 4 heteroatoms. The van der Waals surface area contributed by atoms with Gasteiger partial charge in [-0.3, -0.25) is 0 Å².